The van der Waals surface area contributed by atoms with Crippen LogP contribution in [0.2, 0.25) is 0 Å². The maximum atomic E-state index is 8.74. The van der Waals surface area contributed by atoms with Crippen molar-refractivity contribution in [2.45, 2.75) is 27.2 Å². The molecular weight excluding hydrogens is 242 g/mol. The standard InChI is InChI=1S/C13H21N5O/c1-8(2)10-4-5-18(7-10)13-15-9(3)6-11(16-13)12(14)17-19/h6,8,10,19H,4-5,7H2,1-3H3,(H2,14,17). The van der Waals surface area contributed by atoms with Crippen molar-refractivity contribution in [3.05, 3.63) is 17.5 Å². The van der Waals surface area contributed by atoms with Gasteiger partial charge in [0, 0.05) is 18.8 Å². The second-order valence-electron chi connectivity index (χ2n) is 5.42. The average molecular weight is 263 g/mol. The Morgan fingerprint density at radius 2 is 2.26 bits per heavy atom. The first-order valence-corrected chi connectivity index (χ1v) is 6.59. The molecule has 0 radical (unpaired) electrons. The number of amidine groups is 1. The Kier molecular flexibility index (Phi) is 3.87. The number of anilines is 1. The van der Waals surface area contributed by atoms with Crippen molar-refractivity contribution < 1.29 is 5.21 Å². The summed E-state index contributed by atoms with van der Waals surface area (Å²) in [6, 6.07) is 1.72. The lowest BCUT2D eigenvalue weighted by Crippen LogP contribution is -2.25. The van der Waals surface area contributed by atoms with Gasteiger partial charge in [-0.3, -0.25) is 0 Å². The highest BCUT2D eigenvalue weighted by atomic mass is 16.4. The van der Waals surface area contributed by atoms with E-state index in [1.807, 2.05) is 6.92 Å². The molecular formula is C13H21N5O. The third-order valence-electron chi connectivity index (χ3n) is 3.66. The van der Waals surface area contributed by atoms with Crippen LogP contribution in [-0.2, 0) is 0 Å². The minimum atomic E-state index is 0.0198. The van der Waals surface area contributed by atoms with Crippen molar-refractivity contribution in [3.63, 3.8) is 0 Å². The van der Waals surface area contributed by atoms with Crippen molar-refractivity contribution in [3.8, 4) is 0 Å². The molecule has 3 N–H and O–H groups in total. The molecule has 1 saturated heterocycles. The van der Waals surface area contributed by atoms with Gasteiger partial charge in [0.1, 0.15) is 5.69 Å². The molecule has 104 valence electrons. The van der Waals surface area contributed by atoms with Gasteiger partial charge in [0.05, 0.1) is 0 Å². The minimum Gasteiger partial charge on any atom is -0.409 e. The lowest BCUT2D eigenvalue weighted by Gasteiger charge is -2.18. The number of nitrogens with two attached hydrogens (primary N) is 1. The number of aromatic nitrogens is 2. The summed E-state index contributed by atoms with van der Waals surface area (Å²) in [4.78, 5) is 11.0. The molecule has 19 heavy (non-hydrogen) atoms. The molecule has 0 spiro atoms. The lowest BCUT2D eigenvalue weighted by molar-refractivity contribution is 0.318. The van der Waals surface area contributed by atoms with E-state index in [0.29, 0.717) is 23.5 Å². The number of nitrogens with zero attached hydrogens (tertiary/aromatic N) is 4. The quantitative estimate of drug-likeness (QED) is 0.372. The monoisotopic (exact) mass is 263 g/mol. The molecule has 0 saturated carbocycles. The average Bonchev–Trinajstić information content (AvgIpc) is 2.86. The molecule has 6 nitrogen and oxygen atoms in total. The molecule has 0 bridgehead atoms. The van der Waals surface area contributed by atoms with Crippen LogP contribution in [0.5, 0.6) is 0 Å². The normalized spacial score (nSPS) is 20.3. The van der Waals surface area contributed by atoms with E-state index in [-0.39, 0.29) is 5.84 Å². The second kappa shape index (κ2) is 5.42. The van der Waals surface area contributed by atoms with Crippen LogP contribution in [0.4, 0.5) is 5.95 Å². The van der Waals surface area contributed by atoms with Crippen LogP contribution in [0.15, 0.2) is 11.2 Å². The van der Waals surface area contributed by atoms with E-state index in [2.05, 4.69) is 33.9 Å². The minimum absolute atomic E-state index is 0.0198. The van der Waals surface area contributed by atoms with Gasteiger partial charge in [-0.1, -0.05) is 19.0 Å². The van der Waals surface area contributed by atoms with E-state index >= 15 is 0 Å². The summed E-state index contributed by atoms with van der Waals surface area (Å²) in [7, 11) is 0. The lowest BCUT2D eigenvalue weighted by atomic mass is 9.95. The zero-order valence-corrected chi connectivity index (χ0v) is 11.7. The highest BCUT2D eigenvalue weighted by molar-refractivity contribution is 5.95. The van der Waals surface area contributed by atoms with Gasteiger partial charge < -0.3 is 15.8 Å². The molecule has 0 amide bonds. The Bertz CT molecular complexity index is 486. The number of rotatable bonds is 3. The van der Waals surface area contributed by atoms with Crippen LogP contribution in [0.3, 0.4) is 0 Å². The van der Waals surface area contributed by atoms with E-state index in [1.54, 1.807) is 6.07 Å². The van der Waals surface area contributed by atoms with Gasteiger partial charge in [-0.25, -0.2) is 9.97 Å². The Balaban J connectivity index is 2.24. The third kappa shape index (κ3) is 2.94. The molecule has 1 aromatic heterocycles. The van der Waals surface area contributed by atoms with Crippen LogP contribution in [0.1, 0.15) is 31.7 Å². The third-order valence-corrected chi connectivity index (χ3v) is 3.66. The molecule has 2 rings (SSSR count). The molecule has 1 unspecified atom stereocenters. The first kappa shape index (κ1) is 13.6. The van der Waals surface area contributed by atoms with Gasteiger partial charge in [0.15, 0.2) is 5.84 Å². The predicted octanol–water partition coefficient (Wildman–Crippen LogP) is 1.36. The number of hydrogen-bond acceptors (Lipinski definition) is 5. The van der Waals surface area contributed by atoms with Gasteiger partial charge in [0.2, 0.25) is 5.95 Å². The van der Waals surface area contributed by atoms with E-state index in [1.165, 1.54) is 0 Å². The summed E-state index contributed by atoms with van der Waals surface area (Å²) in [5.74, 6) is 2.03. The van der Waals surface area contributed by atoms with E-state index < -0.39 is 0 Å². The second-order valence-corrected chi connectivity index (χ2v) is 5.42. The van der Waals surface area contributed by atoms with Crippen molar-refractivity contribution in [2.24, 2.45) is 22.7 Å². The Morgan fingerprint density at radius 1 is 1.53 bits per heavy atom. The summed E-state index contributed by atoms with van der Waals surface area (Å²) in [5.41, 5.74) is 6.89. The van der Waals surface area contributed by atoms with Crippen LogP contribution < -0.4 is 10.6 Å². The van der Waals surface area contributed by atoms with Crippen LogP contribution in [0, 0.1) is 18.8 Å². The maximum absolute atomic E-state index is 8.74. The van der Waals surface area contributed by atoms with Crippen molar-refractivity contribution in [1.82, 2.24) is 9.97 Å². The number of oxime groups is 1. The van der Waals surface area contributed by atoms with Crippen molar-refractivity contribution in [1.29, 1.82) is 0 Å². The summed E-state index contributed by atoms with van der Waals surface area (Å²) >= 11 is 0. The largest absolute Gasteiger partial charge is 0.409 e. The SMILES string of the molecule is Cc1cc(/C(N)=N/O)nc(N2CCC(C(C)C)C2)n1. The highest BCUT2D eigenvalue weighted by Crippen LogP contribution is 2.26. The highest BCUT2D eigenvalue weighted by Gasteiger charge is 2.26. The summed E-state index contributed by atoms with van der Waals surface area (Å²) in [6.45, 7) is 8.30. The molecule has 1 aliphatic rings. The van der Waals surface area contributed by atoms with Crippen LogP contribution >= 0.6 is 0 Å². The van der Waals surface area contributed by atoms with Gasteiger partial charge in [-0.15, -0.1) is 0 Å². The van der Waals surface area contributed by atoms with Gasteiger partial charge in [-0.2, -0.15) is 0 Å². The molecule has 0 aromatic carbocycles. The summed E-state index contributed by atoms with van der Waals surface area (Å²) in [6.07, 6.45) is 1.16. The Labute approximate surface area is 113 Å². The molecule has 1 fully saturated rings. The molecule has 1 aliphatic heterocycles. The molecule has 6 heteroatoms. The van der Waals surface area contributed by atoms with Gasteiger partial charge in [0.25, 0.3) is 0 Å². The summed E-state index contributed by atoms with van der Waals surface area (Å²) in [5, 5.41) is 11.7. The van der Waals surface area contributed by atoms with Crippen molar-refractivity contribution in [2.75, 3.05) is 18.0 Å². The van der Waals surface area contributed by atoms with E-state index in [4.69, 9.17) is 10.9 Å². The van der Waals surface area contributed by atoms with Crippen molar-refractivity contribution >= 4 is 11.8 Å². The summed E-state index contributed by atoms with van der Waals surface area (Å²) < 4.78 is 0. The van der Waals surface area contributed by atoms with E-state index in [0.717, 1.165) is 25.2 Å². The topological polar surface area (TPSA) is 87.6 Å². The molecule has 0 aliphatic carbocycles. The van der Waals surface area contributed by atoms with Crippen LogP contribution in [-0.4, -0.2) is 34.1 Å². The zero-order valence-electron chi connectivity index (χ0n) is 11.7. The maximum Gasteiger partial charge on any atom is 0.226 e. The predicted molar refractivity (Wildman–Crippen MR) is 74.4 cm³/mol. The fraction of sp³-hybridized carbons (Fsp3) is 0.615. The van der Waals surface area contributed by atoms with Gasteiger partial charge >= 0.3 is 0 Å². The van der Waals surface area contributed by atoms with E-state index in [9.17, 15) is 0 Å². The molecule has 1 aromatic rings. The first-order valence-electron chi connectivity index (χ1n) is 6.59. The smallest absolute Gasteiger partial charge is 0.226 e. The van der Waals surface area contributed by atoms with Crippen LogP contribution in [0.25, 0.3) is 0 Å². The fourth-order valence-corrected chi connectivity index (χ4v) is 2.39. The molecule has 2 heterocycles. The Morgan fingerprint density at radius 3 is 2.84 bits per heavy atom. The number of aryl methyl sites for hydroxylation is 1. The fourth-order valence-electron chi connectivity index (χ4n) is 2.39. The zero-order chi connectivity index (χ0) is 14.0. The first-order chi connectivity index (χ1) is 9.01. The molecule has 1 atom stereocenters. The van der Waals surface area contributed by atoms with Gasteiger partial charge in [-0.05, 0) is 31.2 Å². The number of hydrogen-bond donors (Lipinski definition) is 2. The Hall–Kier alpha value is -1.85.